The second-order valence-electron chi connectivity index (χ2n) is 7.35. The minimum Gasteiger partial charge on any atom is -0.480 e. The van der Waals surface area contributed by atoms with Crippen molar-refractivity contribution in [1.29, 1.82) is 0 Å². The van der Waals surface area contributed by atoms with Crippen LogP contribution in [0.1, 0.15) is 32.6 Å². The van der Waals surface area contributed by atoms with E-state index in [0.717, 1.165) is 12.5 Å². The molecule has 1 saturated heterocycles. The number of rotatable bonds is 6. The molecule has 3 atom stereocenters. The minimum atomic E-state index is -0.857. The van der Waals surface area contributed by atoms with Crippen LogP contribution in [0, 0.1) is 11.8 Å². The predicted octanol–water partition coefficient (Wildman–Crippen LogP) is 1.24. The number of carbonyl (C=O) groups excluding carboxylic acids is 1. The summed E-state index contributed by atoms with van der Waals surface area (Å²) in [6, 6.07) is -0.0255. The van der Waals surface area contributed by atoms with E-state index in [9.17, 15) is 9.59 Å². The maximum atomic E-state index is 12.4. The Bertz CT molecular complexity index is 432. The first kappa shape index (κ1) is 19.0. The van der Waals surface area contributed by atoms with Crippen LogP contribution in [0.4, 0.5) is 4.79 Å². The quantitative estimate of drug-likeness (QED) is 0.760. The maximum Gasteiger partial charge on any atom is 0.317 e. The van der Waals surface area contributed by atoms with Crippen LogP contribution < -0.4 is 5.32 Å². The van der Waals surface area contributed by atoms with Crippen LogP contribution in [-0.4, -0.2) is 79.4 Å². The molecule has 2 aliphatic rings. The Morgan fingerprint density at radius 2 is 2.17 bits per heavy atom. The summed E-state index contributed by atoms with van der Waals surface area (Å²) in [5.74, 6) is 0.499. The number of hydrogen-bond donors (Lipinski definition) is 2. The molecule has 2 N–H and O–H groups in total. The van der Waals surface area contributed by atoms with Gasteiger partial charge in [0.1, 0.15) is 0 Å². The van der Waals surface area contributed by atoms with E-state index in [1.807, 2.05) is 0 Å². The number of carbonyl (C=O) groups is 2. The van der Waals surface area contributed by atoms with Gasteiger partial charge in [-0.15, -0.1) is 0 Å². The molecule has 0 radical (unpaired) electrons. The van der Waals surface area contributed by atoms with Gasteiger partial charge in [0.05, 0.1) is 19.3 Å². The standard InChI is InChI=1S/C17H31N3O4/c1-13-4-3-5-14(8-13)9-18-17(23)20-6-7-24-15(11-20)10-19(2)12-16(21)22/h13-15H,3-12H2,1-2H3,(H,18,23)(H,21,22). The number of carboxylic acid groups (broad SMARTS) is 1. The van der Waals surface area contributed by atoms with Crippen LogP contribution in [0.2, 0.25) is 0 Å². The van der Waals surface area contributed by atoms with Crippen molar-refractivity contribution in [3.63, 3.8) is 0 Å². The smallest absolute Gasteiger partial charge is 0.317 e. The van der Waals surface area contributed by atoms with Gasteiger partial charge in [-0.2, -0.15) is 0 Å². The van der Waals surface area contributed by atoms with E-state index in [4.69, 9.17) is 9.84 Å². The first-order chi connectivity index (χ1) is 11.4. The Balaban J connectivity index is 1.72. The van der Waals surface area contributed by atoms with Gasteiger partial charge in [-0.25, -0.2) is 4.79 Å². The van der Waals surface area contributed by atoms with Crippen molar-refractivity contribution >= 4 is 12.0 Å². The molecule has 0 aromatic carbocycles. The lowest BCUT2D eigenvalue weighted by Gasteiger charge is -2.35. The van der Waals surface area contributed by atoms with E-state index in [1.54, 1.807) is 16.8 Å². The normalized spacial score (nSPS) is 28.0. The highest BCUT2D eigenvalue weighted by atomic mass is 16.5. The maximum absolute atomic E-state index is 12.4. The lowest BCUT2D eigenvalue weighted by Crippen LogP contribution is -2.53. The third-order valence-electron chi connectivity index (χ3n) is 4.93. The van der Waals surface area contributed by atoms with Crippen LogP contribution in [-0.2, 0) is 9.53 Å². The first-order valence-corrected chi connectivity index (χ1v) is 8.98. The molecule has 1 heterocycles. The van der Waals surface area contributed by atoms with E-state index < -0.39 is 5.97 Å². The number of ether oxygens (including phenoxy) is 1. The molecular formula is C17H31N3O4. The van der Waals surface area contributed by atoms with E-state index >= 15 is 0 Å². The molecule has 2 amide bonds. The lowest BCUT2D eigenvalue weighted by molar-refractivity contribution is -0.138. The van der Waals surface area contributed by atoms with Gasteiger partial charge in [0.15, 0.2) is 0 Å². The van der Waals surface area contributed by atoms with Crippen LogP contribution in [0.3, 0.4) is 0 Å². The number of carboxylic acids is 1. The molecule has 0 aromatic heterocycles. The Hall–Kier alpha value is -1.34. The number of amides is 2. The average molecular weight is 341 g/mol. The molecule has 138 valence electrons. The molecule has 0 spiro atoms. The Kier molecular flexibility index (Phi) is 7.30. The largest absolute Gasteiger partial charge is 0.480 e. The fraction of sp³-hybridized carbons (Fsp3) is 0.882. The molecule has 24 heavy (non-hydrogen) atoms. The monoisotopic (exact) mass is 341 g/mol. The number of morpholine rings is 1. The van der Waals surface area contributed by atoms with Crippen LogP contribution in [0.25, 0.3) is 0 Å². The molecule has 3 unspecified atom stereocenters. The summed E-state index contributed by atoms with van der Waals surface area (Å²) in [6.07, 6.45) is 4.84. The van der Waals surface area contributed by atoms with E-state index in [2.05, 4.69) is 12.2 Å². The summed E-state index contributed by atoms with van der Waals surface area (Å²) < 4.78 is 5.66. The molecule has 1 aliphatic heterocycles. The SMILES string of the molecule is CC1CCCC(CNC(=O)N2CCOC(CN(C)CC(=O)O)C2)C1. The summed E-state index contributed by atoms with van der Waals surface area (Å²) in [4.78, 5) is 26.6. The Labute approximate surface area is 144 Å². The zero-order valence-electron chi connectivity index (χ0n) is 14.9. The van der Waals surface area contributed by atoms with Crippen molar-refractivity contribution in [3.8, 4) is 0 Å². The van der Waals surface area contributed by atoms with E-state index in [-0.39, 0.29) is 18.7 Å². The van der Waals surface area contributed by atoms with Crippen LogP contribution in [0.5, 0.6) is 0 Å². The Morgan fingerprint density at radius 1 is 1.38 bits per heavy atom. The first-order valence-electron chi connectivity index (χ1n) is 8.98. The number of likely N-dealkylation sites (N-methyl/N-ethyl adjacent to an activating group) is 1. The van der Waals surface area contributed by atoms with Gasteiger partial charge in [0.2, 0.25) is 0 Å². The number of nitrogens with zero attached hydrogens (tertiary/aromatic N) is 2. The molecule has 2 fully saturated rings. The van der Waals surface area contributed by atoms with Crippen molar-refractivity contribution in [2.24, 2.45) is 11.8 Å². The molecule has 0 bridgehead atoms. The molecule has 7 nitrogen and oxygen atoms in total. The van der Waals surface area contributed by atoms with Crippen LogP contribution >= 0.6 is 0 Å². The second kappa shape index (κ2) is 9.22. The lowest BCUT2D eigenvalue weighted by atomic mass is 9.82. The van der Waals surface area contributed by atoms with Gasteiger partial charge < -0.3 is 20.1 Å². The summed E-state index contributed by atoms with van der Waals surface area (Å²) in [5.41, 5.74) is 0. The third-order valence-corrected chi connectivity index (χ3v) is 4.93. The van der Waals surface area contributed by atoms with Gasteiger partial charge in [-0.05, 0) is 31.7 Å². The molecular weight excluding hydrogens is 310 g/mol. The highest BCUT2D eigenvalue weighted by Gasteiger charge is 2.26. The number of urea groups is 1. The van der Waals surface area contributed by atoms with Crippen LogP contribution in [0.15, 0.2) is 0 Å². The molecule has 0 aromatic rings. The van der Waals surface area contributed by atoms with Gasteiger partial charge in [-0.1, -0.05) is 19.8 Å². The van der Waals surface area contributed by atoms with E-state index in [0.29, 0.717) is 32.2 Å². The summed E-state index contributed by atoms with van der Waals surface area (Å²) in [6.45, 7) is 5.13. The molecule has 1 saturated carbocycles. The predicted molar refractivity (Wildman–Crippen MR) is 91.0 cm³/mol. The average Bonchev–Trinajstić information content (AvgIpc) is 2.52. The van der Waals surface area contributed by atoms with Crippen molar-refractivity contribution in [2.75, 3.05) is 46.4 Å². The zero-order valence-corrected chi connectivity index (χ0v) is 14.9. The van der Waals surface area contributed by atoms with E-state index in [1.165, 1.54) is 25.7 Å². The highest BCUT2D eigenvalue weighted by molar-refractivity contribution is 5.74. The Morgan fingerprint density at radius 3 is 2.88 bits per heavy atom. The summed E-state index contributed by atoms with van der Waals surface area (Å²) in [5, 5.41) is 11.9. The van der Waals surface area contributed by atoms with Gasteiger partial charge in [-0.3, -0.25) is 9.69 Å². The summed E-state index contributed by atoms with van der Waals surface area (Å²) >= 11 is 0. The summed E-state index contributed by atoms with van der Waals surface area (Å²) in [7, 11) is 1.75. The van der Waals surface area contributed by atoms with Gasteiger partial charge in [0.25, 0.3) is 0 Å². The third kappa shape index (κ3) is 6.28. The molecule has 2 rings (SSSR count). The fourth-order valence-electron chi connectivity index (χ4n) is 3.75. The number of aliphatic carboxylic acids is 1. The topological polar surface area (TPSA) is 82.1 Å². The highest BCUT2D eigenvalue weighted by Crippen LogP contribution is 2.27. The number of hydrogen-bond acceptors (Lipinski definition) is 4. The molecule has 7 heteroatoms. The van der Waals surface area contributed by atoms with Crippen molar-refractivity contribution in [1.82, 2.24) is 15.1 Å². The van der Waals surface area contributed by atoms with Crippen molar-refractivity contribution in [3.05, 3.63) is 0 Å². The number of nitrogens with one attached hydrogen (secondary N) is 1. The second-order valence-corrected chi connectivity index (χ2v) is 7.35. The fourth-order valence-corrected chi connectivity index (χ4v) is 3.75. The minimum absolute atomic E-state index is 0.0219. The van der Waals surface area contributed by atoms with Crippen molar-refractivity contribution in [2.45, 2.75) is 38.7 Å². The molecule has 1 aliphatic carbocycles. The van der Waals surface area contributed by atoms with Gasteiger partial charge in [0, 0.05) is 26.2 Å². The van der Waals surface area contributed by atoms with Crippen molar-refractivity contribution < 1.29 is 19.4 Å². The zero-order chi connectivity index (χ0) is 17.5. The van der Waals surface area contributed by atoms with Gasteiger partial charge >= 0.3 is 12.0 Å².